The Kier molecular flexibility index (Phi) is 12.2. The van der Waals surface area contributed by atoms with Gasteiger partial charge in [0.15, 0.2) is 5.96 Å². The van der Waals surface area contributed by atoms with Crippen LogP contribution < -0.4 is 33.2 Å². The summed E-state index contributed by atoms with van der Waals surface area (Å²) in [5.41, 5.74) is 16.1. The van der Waals surface area contributed by atoms with Gasteiger partial charge in [-0.05, 0) is 18.8 Å². The summed E-state index contributed by atoms with van der Waals surface area (Å²) in [5, 5.41) is 24.7. The number of carboxylic acid groups (broad SMARTS) is 2. The predicted molar refractivity (Wildman–Crippen MR) is 109 cm³/mol. The zero-order chi connectivity index (χ0) is 24.1. The van der Waals surface area contributed by atoms with Crippen molar-refractivity contribution >= 4 is 35.6 Å². The number of nitrogens with two attached hydrogens (primary N) is 3. The lowest BCUT2D eigenvalue weighted by molar-refractivity contribution is -0.143. The maximum absolute atomic E-state index is 12.3. The van der Waals surface area contributed by atoms with Gasteiger partial charge in [-0.1, -0.05) is 13.8 Å². The molecule has 3 atom stereocenters. The van der Waals surface area contributed by atoms with Crippen molar-refractivity contribution in [3.63, 3.8) is 0 Å². The van der Waals surface area contributed by atoms with Gasteiger partial charge in [0.05, 0.1) is 19.0 Å². The minimum atomic E-state index is -1.48. The molecule has 0 radical (unpaired) electrons. The van der Waals surface area contributed by atoms with Crippen LogP contribution in [0.2, 0.25) is 0 Å². The first-order chi connectivity index (χ1) is 14.3. The zero-order valence-corrected chi connectivity index (χ0v) is 17.5. The molecule has 0 aromatic carbocycles. The lowest BCUT2D eigenvalue weighted by Crippen LogP contribution is -2.54. The Balaban J connectivity index is 4.81. The molecule has 0 aromatic heterocycles. The highest BCUT2D eigenvalue weighted by atomic mass is 16.4. The number of carbonyl (C=O) groups is 5. The summed E-state index contributed by atoms with van der Waals surface area (Å²) < 4.78 is 0. The summed E-state index contributed by atoms with van der Waals surface area (Å²) in [6.07, 6.45) is -0.190. The van der Waals surface area contributed by atoms with Crippen LogP contribution in [0.25, 0.3) is 0 Å². The first kappa shape index (κ1) is 27.6. The van der Waals surface area contributed by atoms with E-state index >= 15 is 0 Å². The third-order valence-corrected chi connectivity index (χ3v) is 3.99. The van der Waals surface area contributed by atoms with E-state index in [0.717, 1.165) is 0 Å². The summed E-state index contributed by atoms with van der Waals surface area (Å²) in [5.74, 6) is -5.59. The summed E-state index contributed by atoms with van der Waals surface area (Å²) in [7, 11) is 0. The molecule has 3 unspecified atom stereocenters. The molecule has 0 rings (SSSR count). The standard InChI is InChI=1S/C17H31N7O7/c1-8(2)13(16(30)31)24-11(25)7-22-15(29)10(6-12(26)27)23-14(28)9(18)4-3-5-21-17(19)20/h8-10,13H,3-7,18H2,1-2H3,(H,22,29)(H,23,28)(H,24,25)(H,26,27)(H,30,31)(H4,19,20,21). The van der Waals surface area contributed by atoms with Crippen molar-refractivity contribution in [3.8, 4) is 0 Å². The quantitative estimate of drug-likeness (QED) is 0.0749. The number of carboxylic acids is 2. The van der Waals surface area contributed by atoms with Gasteiger partial charge in [0.2, 0.25) is 17.7 Å². The summed E-state index contributed by atoms with van der Waals surface area (Å²) in [6, 6.07) is -3.68. The molecule has 0 heterocycles. The van der Waals surface area contributed by atoms with Crippen molar-refractivity contribution in [2.75, 3.05) is 13.1 Å². The minimum absolute atomic E-state index is 0.108. The van der Waals surface area contributed by atoms with Gasteiger partial charge in [-0.2, -0.15) is 0 Å². The van der Waals surface area contributed by atoms with Crippen LogP contribution in [0.5, 0.6) is 0 Å². The first-order valence-corrected chi connectivity index (χ1v) is 9.48. The molecule has 0 aromatic rings. The maximum Gasteiger partial charge on any atom is 0.326 e. The molecule has 0 saturated carbocycles. The maximum atomic E-state index is 12.3. The van der Waals surface area contributed by atoms with Crippen LogP contribution in [-0.2, 0) is 24.0 Å². The molecule has 14 nitrogen and oxygen atoms in total. The summed E-state index contributed by atoms with van der Waals surface area (Å²) >= 11 is 0. The fourth-order valence-corrected chi connectivity index (χ4v) is 2.34. The number of amides is 3. The molecular formula is C17H31N7O7. The molecule has 11 N–H and O–H groups in total. The average Bonchev–Trinajstić information content (AvgIpc) is 2.65. The highest BCUT2D eigenvalue weighted by Crippen LogP contribution is 2.02. The highest BCUT2D eigenvalue weighted by molar-refractivity contribution is 5.94. The van der Waals surface area contributed by atoms with Gasteiger partial charge < -0.3 is 43.4 Å². The van der Waals surface area contributed by atoms with Gasteiger partial charge in [-0.15, -0.1) is 0 Å². The largest absolute Gasteiger partial charge is 0.481 e. The van der Waals surface area contributed by atoms with Gasteiger partial charge >= 0.3 is 11.9 Å². The second kappa shape index (κ2) is 13.7. The second-order valence-corrected chi connectivity index (χ2v) is 7.06. The van der Waals surface area contributed by atoms with E-state index in [4.69, 9.17) is 27.4 Å². The molecule has 0 spiro atoms. The highest BCUT2D eigenvalue weighted by Gasteiger charge is 2.27. The van der Waals surface area contributed by atoms with E-state index < -0.39 is 66.7 Å². The normalized spacial score (nSPS) is 13.4. The van der Waals surface area contributed by atoms with Crippen molar-refractivity contribution in [1.29, 1.82) is 0 Å². The molecule has 3 amide bonds. The van der Waals surface area contributed by atoms with E-state index in [1.165, 1.54) is 0 Å². The number of hydrogen-bond acceptors (Lipinski definition) is 7. The van der Waals surface area contributed by atoms with E-state index in [0.29, 0.717) is 6.42 Å². The van der Waals surface area contributed by atoms with Crippen LogP contribution in [-0.4, -0.2) is 77.0 Å². The Labute approximate surface area is 179 Å². The average molecular weight is 445 g/mol. The number of guanidine groups is 1. The van der Waals surface area contributed by atoms with Gasteiger partial charge in [0, 0.05) is 6.54 Å². The van der Waals surface area contributed by atoms with Crippen LogP contribution in [0.3, 0.4) is 0 Å². The molecule has 0 saturated heterocycles. The third-order valence-electron chi connectivity index (χ3n) is 3.99. The van der Waals surface area contributed by atoms with Gasteiger partial charge in [-0.25, -0.2) is 4.79 Å². The molecule has 0 aliphatic heterocycles. The van der Waals surface area contributed by atoms with E-state index in [1.54, 1.807) is 13.8 Å². The Morgan fingerprint density at radius 1 is 1.00 bits per heavy atom. The zero-order valence-electron chi connectivity index (χ0n) is 17.5. The lowest BCUT2D eigenvalue weighted by atomic mass is 10.0. The minimum Gasteiger partial charge on any atom is -0.481 e. The van der Waals surface area contributed by atoms with E-state index in [2.05, 4.69) is 20.9 Å². The SMILES string of the molecule is CC(C)C(NC(=O)CNC(=O)C(CC(=O)O)NC(=O)C(N)CCCN=C(N)N)C(=O)O. The molecule has 31 heavy (non-hydrogen) atoms. The molecule has 14 heteroatoms. The molecule has 0 fully saturated rings. The topological polar surface area (TPSA) is 252 Å². The Hall–Kier alpha value is -3.42. The van der Waals surface area contributed by atoms with Gasteiger partial charge in [0.1, 0.15) is 12.1 Å². The van der Waals surface area contributed by atoms with Crippen LogP contribution in [0.4, 0.5) is 0 Å². The third kappa shape index (κ3) is 12.0. The second-order valence-electron chi connectivity index (χ2n) is 7.06. The van der Waals surface area contributed by atoms with Gasteiger partial charge in [0.25, 0.3) is 0 Å². The van der Waals surface area contributed by atoms with Crippen molar-refractivity contribution in [2.24, 2.45) is 28.1 Å². The summed E-state index contributed by atoms with van der Waals surface area (Å²) in [4.78, 5) is 62.2. The number of hydrogen-bond donors (Lipinski definition) is 8. The van der Waals surface area contributed by atoms with E-state index in [-0.39, 0.29) is 18.9 Å². The fraction of sp³-hybridized carbons (Fsp3) is 0.647. The van der Waals surface area contributed by atoms with E-state index in [9.17, 15) is 24.0 Å². The molecule has 176 valence electrons. The number of aliphatic carboxylic acids is 2. The smallest absolute Gasteiger partial charge is 0.326 e. The van der Waals surface area contributed by atoms with Crippen LogP contribution >= 0.6 is 0 Å². The Morgan fingerprint density at radius 3 is 2.10 bits per heavy atom. The van der Waals surface area contributed by atoms with Crippen molar-refractivity contribution in [1.82, 2.24) is 16.0 Å². The fourth-order valence-electron chi connectivity index (χ4n) is 2.34. The monoisotopic (exact) mass is 445 g/mol. The lowest BCUT2D eigenvalue weighted by Gasteiger charge is -2.20. The number of rotatable bonds is 14. The molecule has 0 aliphatic rings. The van der Waals surface area contributed by atoms with Crippen molar-refractivity contribution < 1.29 is 34.2 Å². The molecule has 0 aliphatic carbocycles. The number of carbonyl (C=O) groups excluding carboxylic acids is 3. The first-order valence-electron chi connectivity index (χ1n) is 9.48. The summed E-state index contributed by atoms with van der Waals surface area (Å²) in [6.45, 7) is 2.82. The Morgan fingerprint density at radius 2 is 1.61 bits per heavy atom. The van der Waals surface area contributed by atoms with Crippen molar-refractivity contribution in [3.05, 3.63) is 0 Å². The molecule has 0 bridgehead atoms. The number of nitrogens with one attached hydrogen (secondary N) is 3. The predicted octanol–water partition coefficient (Wildman–Crippen LogP) is -3.33. The number of nitrogens with zero attached hydrogens (tertiary/aromatic N) is 1. The Bertz CT molecular complexity index is 692. The van der Waals surface area contributed by atoms with Gasteiger partial charge in [-0.3, -0.25) is 24.2 Å². The number of aliphatic imine (C=N–C) groups is 1. The molecular weight excluding hydrogens is 414 g/mol. The van der Waals surface area contributed by atoms with E-state index in [1.807, 2.05) is 0 Å². The van der Waals surface area contributed by atoms with Crippen LogP contribution in [0.15, 0.2) is 4.99 Å². The van der Waals surface area contributed by atoms with Crippen LogP contribution in [0.1, 0.15) is 33.1 Å². The van der Waals surface area contributed by atoms with Crippen molar-refractivity contribution in [2.45, 2.75) is 51.2 Å². The van der Waals surface area contributed by atoms with Crippen LogP contribution in [0, 0.1) is 5.92 Å².